The summed E-state index contributed by atoms with van der Waals surface area (Å²) in [5, 5.41) is 0. The van der Waals surface area contributed by atoms with Crippen LogP contribution in [0.2, 0.25) is 0 Å². The van der Waals surface area contributed by atoms with Crippen molar-refractivity contribution >= 4 is 11.1 Å². The van der Waals surface area contributed by atoms with Gasteiger partial charge in [0.15, 0.2) is 0 Å². The Kier molecular flexibility index (Phi) is 8.62. The molecule has 36 heavy (non-hydrogen) atoms. The maximum atomic E-state index is 6.07. The Hall–Kier alpha value is -3.78. The molecule has 0 aliphatic rings. The van der Waals surface area contributed by atoms with Gasteiger partial charge in [-0.2, -0.15) is 0 Å². The zero-order valence-corrected chi connectivity index (χ0v) is 21.8. The van der Waals surface area contributed by atoms with Crippen molar-refractivity contribution < 1.29 is 9.47 Å². The Balaban J connectivity index is 1.64. The van der Waals surface area contributed by atoms with Crippen molar-refractivity contribution in [2.24, 2.45) is 5.92 Å². The average Bonchev–Trinajstić information content (AvgIpc) is 2.91. The van der Waals surface area contributed by atoms with Crippen LogP contribution in [0, 0.1) is 12.8 Å². The van der Waals surface area contributed by atoms with Crippen LogP contribution in [-0.2, 0) is 6.61 Å². The molecule has 0 saturated carbocycles. The van der Waals surface area contributed by atoms with Gasteiger partial charge in [-0.25, -0.2) is 0 Å². The third-order valence-electron chi connectivity index (χ3n) is 6.17. The summed E-state index contributed by atoms with van der Waals surface area (Å²) < 4.78 is 12.0. The summed E-state index contributed by atoms with van der Waals surface area (Å²) in [6.45, 7) is 9.93. The third-order valence-corrected chi connectivity index (χ3v) is 6.17. The fourth-order valence-corrected chi connectivity index (χ4v) is 4.23. The van der Waals surface area contributed by atoms with E-state index in [1.807, 2.05) is 0 Å². The van der Waals surface area contributed by atoms with Crippen molar-refractivity contribution in [3.63, 3.8) is 0 Å². The maximum Gasteiger partial charge on any atom is 0.119 e. The number of rotatable bonds is 10. The minimum absolute atomic E-state index is 0.497. The molecule has 0 N–H and O–H groups in total. The van der Waals surface area contributed by atoms with Crippen LogP contribution in [0.15, 0.2) is 103 Å². The Morgan fingerprint density at radius 3 is 1.72 bits per heavy atom. The molecular weight excluding hydrogens is 440 g/mol. The molecular formula is C34H36O2. The second kappa shape index (κ2) is 12.3. The lowest BCUT2D eigenvalue weighted by Crippen LogP contribution is -2.04. The number of allylic oxidation sites excluding steroid dienone is 1. The zero-order chi connectivity index (χ0) is 25.3. The highest BCUT2D eigenvalue weighted by atomic mass is 16.5. The van der Waals surface area contributed by atoms with Crippen LogP contribution in [0.4, 0.5) is 0 Å². The summed E-state index contributed by atoms with van der Waals surface area (Å²) in [6.07, 6.45) is 0.927. The molecule has 4 aromatic carbocycles. The molecule has 0 fully saturated rings. The van der Waals surface area contributed by atoms with E-state index in [0.717, 1.165) is 24.5 Å². The molecule has 0 atom stereocenters. The van der Waals surface area contributed by atoms with Crippen molar-refractivity contribution in [3.05, 3.63) is 131 Å². The SMILES string of the molecule is CC/C(=C(\c1ccc(OCc2ccc(C)cc2)cc1)c1ccc(OCC(C)C)cc1)c1ccccc1. The third kappa shape index (κ3) is 6.66. The van der Waals surface area contributed by atoms with E-state index >= 15 is 0 Å². The zero-order valence-electron chi connectivity index (χ0n) is 21.8. The van der Waals surface area contributed by atoms with E-state index in [0.29, 0.717) is 12.5 Å². The molecule has 0 bridgehead atoms. The first kappa shape index (κ1) is 25.3. The van der Waals surface area contributed by atoms with Crippen molar-refractivity contribution in [1.82, 2.24) is 0 Å². The van der Waals surface area contributed by atoms with Crippen molar-refractivity contribution in [2.75, 3.05) is 6.61 Å². The number of hydrogen-bond acceptors (Lipinski definition) is 2. The summed E-state index contributed by atoms with van der Waals surface area (Å²) in [4.78, 5) is 0. The quantitative estimate of drug-likeness (QED) is 0.213. The van der Waals surface area contributed by atoms with Gasteiger partial charge in [0, 0.05) is 0 Å². The van der Waals surface area contributed by atoms with Crippen LogP contribution in [-0.4, -0.2) is 6.61 Å². The second-order valence-corrected chi connectivity index (χ2v) is 9.60. The lowest BCUT2D eigenvalue weighted by atomic mass is 9.88. The van der Waals surface area contributed by atoms with Gasteiger partial charge in [-0.1, -0.05) is 105 Å². The molecule has 2 nitrogen and oxygen atoms in total. The predicted octanol–water partition coefficient (Wildman–Crippen LogP) is 8.98. The largest absolute Gasteiger partial charge is 0.493 e. The predicted molar refractivity (Wildman–Crippen MR) is 151 cm³/mol. The molecule has 0 aliphatic heterocycles. The number of ether oxygens (including phenoxy) is 2. The summed E-state index contributed by atoms with van der Waals surface area (Å²) in [6, 6.07) is 36.1. The average molecular weight is 477 g/mol. The van der Waals surface area contributed by atoms with Gasteiger partial charge in [-0.3, -0.25) is 0 Å². The molecule has 4 rings (SSSR count). The van der Waals surface area contributed by atoms with Crippen LogP contribution in [0.5, 0.6) is 11.5 Å². The number of hydrogen-bond donors (Lipinski definition) is 0. The first-order valence-electron chi connectivity index (χ1n) is 12.8. The van der Waals surface area contributed by atoms with Crippen LogP contribution >= 0.6 is 0 Å². The van der Waals surface area contributed by atoms with Gasteiger partial charge < -0.3 is 9.47 Å². The molecule has 0 aromatic heterocycles. The maximum absolute atomic E-state index is 6.07. The number of benzene rings is 4. The molecule has 0 spiro atoms. The van der Waals surface area contributed by atoms with E-state index in [-0.39, 0.29) is 0 Å². The van der Waals surface area contributed by atoms with Gasteiger partial charge in [-0.15, -0.1) is 0 Å². The lowest BCUT2D eigenvalue weighted by molar-refractivity contribution is 0.271. The van der Waals surface area contributed by atoms with Crippen LogP contribution in [0.1, 0.15) is 55.0 Å². The lowest BCUT2D eigenvalue weighted by Gasteiger charge is -2.17. The number of aryl methyl sites for hydroxylation is 1. The monoisotopic (exact) mass is 476 g/mol. The van der Waals surface area contributed by atoms with Gasteiger partial charge in [0.1, 0.15) is 18.1 Å². The summed E-state index contributed by atoms with van der Waals surface area (Å²) >= 11 is 0. The highest BCUT2D eigenvalue weighted by Crippen LogP contribution is 2.35. The van der Waals surface area contributed by atoms with E-state index in [4.69, 9.17) is 9.47 Å². The fraction of sp³-hybridized carbons (Fsp3) is 0.235. The summed E-state index contributed by atoms with van der Waals surface area (Å²) in [5.41, 5.74) is 8.59. The normalized spacial score (nSPS) is 11.8. The van der Waals surface area contributed by atoms with Crippen molar-refractivity contribution in [3.8, 4) is 11.5 Å². The molecule has 184 valence electrons. The standard InChI is InChI=1S/C34H36O2/c1-5-33(28-9-7-6-8-10-28)34(29-15-19-31(20-16-29)35-23-25(2)3)30-17-21-32(22-18-30)36-24-27-13-11-26(4)12-14-27/h6-22,25H,5,23-24H2,1-4H3/b34-33+. The second-order valence-electron chi connectivity index (χ2n) is 9.60. The van der Waals surface area contributed by atoms with Gasteiger partial charge in [0.25, 0.3) is 0 Å². The molecule has 0 saturated heterocycles. The molecule has 0 aliphatic carbocycles. The Labute approximate surface area is 216 Å². The van der Waals surface area contributed by atoms with Crippen molar-refractivity contribution in [2.45, 2.75) is 40.7 Å². The fourth-order valence-electron chi connectivity index (χ4n) is 4.23. The Bertz CT molecular complexity index is 1250. The highest BCUT2D eigenvalue weighted by molar-refractivity contribution is 5.98. The molecule has 0 unspecified atom stereocenters. The smallest absolute Gasteiger partial charge is 0.119 e. The van der Waals surface area contributed by atoms with Gasteiger partial charge >= 0.3 is 0 Å². The van der Waals surface area contributed by atoms with E-state index < -0.39 is 0 Å². The molecule has 0 radical (unpaired) electrons. The Morgan fingerprint density at radius 2 is 1.19 bits per heavy atom. The molecule has 0 amide bonds. The summed E-state index contributed by atoms with van der Waals surface area (Å²) in [7, 11) is 0. The van der Waals surface area contributed by atoms with E-state index in [9.17, 15) is 0 Å². The van der Waals surface area contributed by atoms with Gasteiger partial charge in [0.2, 0.25) is 0 Å². The molecule has 4 aromatic rings. The van der Waals surface area contributed by atoms with E-state index in [1.165, 1.54) is 39.0 Å². The highest BCUT2D eigenvalue weighted by Gasteiger charge is 2.14. The van der Waals surface area contributed by atoms with Crippen LogP contribution < -0.4 is 9.47 Å². The minimum atomic E-state index is 0.497. The summed E-state index contributed by atoms with van der Waals surface area (Å²) in [5.74, 6) is 2.27. The van der Waals surface area contributed by atoms with E-state index in [1.54, 1.807) is 0 Å². The first-order valence-corrected chi connectivity index (χ1v) is 12.8. The van der Waals surface area contributed by atoms with Gasteiger partial charge in [-0.05, 0) is 76.9 Å². The first-order chi connectivity index (χ1) is 17.5. The van der Waals surface area contributed by atoms with Crippen molar-refractivity contribution in [1.29, 1.82) is 0 Å². The topological polar surface area (TPSA) is 18.5 Å². The van der Waals surface area contributed by atoms with Crippen LogP contribution in [0.25, 0.3) is 11.1 Å². The van der Waals surface area contributed by atoms with E-state index in [2.05, 4.69) is 131 Å². The van der Waals surface area contributed by atoms with Crippen LogP contribution in [0.3, 0.4) is 0 Å². The minimum Gasteiger partial charge on any atom is -0.493 e. The van der Waals surface area contributed by atoms with Gasteiger partial charge in [0.05, 0.1) is 6.61 Å². The molecule has 2 heteroatoms. The Morgan fingerprint density at radius 1 is 0.639 bits per heavy atom. The molecule has 0 heterocycles.